The highest BCUT2D eigenvalue weighted by molar-refractivity contribution is 6.31. The molecular formula is C16H22ClN3O. The third-order valence-electron chi connectivity index (χ3n) is 3.59. The topological polar surface area (TPSA) is 39.1 Å². The van der Waals surface area contributed by atoms with Gasteiger partial charge in [0.2, 0.25) is 0 Å². The van der Waals surface area contributed by atoms with Crippen molar-refractivity contribution in [3.05, 3.63) is 51.8 Å². The Bertz CT molecular complexity index is 595. The molecule has 1 aromatic carbocycles. The van der Waals surface area contributed by atoms with Crippen LogP contribution in [0.1, 0.15) is 22.5 Å². The van der Waals surface area contributed by atoms with Crippen LogP contribution in [0.25, 0.3) is 0 Å². The number of hydrogen-bond donors (Lipinski definition) is 1. The zero-order valence-corrected chi connectivity index (χ0v) is 13.6. The summed E-state index contributed by atoms with van der Waals surface area (Å²) in [6.07, 6.45) is 0. The molecule has 1 heterocycles. The normalized spacial score (nSPS) is 11.0. The molecule has 0 saturated heterocycles. The molecule has 1 N–H and O–H groups in total. The first kappa shape index (κ1) is 16.0. The van der Waals surface area contributed by atoms with Gasteiger partial charge in [-0.3, -0.25) is 4.68 Å². The van der Waals surface area contributed by atoms with Gasteiger partial charge >= 0.3 is 0 Å². The van der Waals surface area contributed by atoms with Crippen LogP contribution in [0, 0.1) is 13.8 Å². The van der Waals surface area contributed by atoms with Gasteiger partial charge in [-0.1, -0.05) is 29.8 Å². The van der Waals surface area contributed by atoms with E-state index < -0.39 is 0 Å². The van der Waals surface area contributed by atoms with Crippen LogP contribution in [0.3, 0.4) is 0 Å². The van der Waals surface area contributed by atoms with Crippen LogP contribution in [-0.4, -0.2) is 30.0 Å². The maximum Gasteiger partial charge on any atom is 0.0677 e. The minimum atomic E-state index is 0.699. The Morgan fingerprint density at radius 3 is 2.76 bits per heavy atom. The first-order valence-electron chi connectivity index (χ1n) is 7.09. The number of aryl methyl sites for hydroxylation is 1. The Labute approximate surface area is 131 Å². The van der Waals surface area contributed by atoms with Crippen molar-refractivity contribution in [3.8, 4) is 0 Å². The number of aromatic nitrogens is 2. The van der Waals surface area contributed by atoms with Crippen molar-refractivity contribution in [1.29, 1.82) is 0 Å². The number of rotatable bonds is 7. The molecule has 0 fully saturated rings. The molecule has 0 atom stereocenters. The highest BCUT2D eigenvalue weighted by Gasteiger charge is 2.12. The molecule has 0 aliphatic heterocycles. The van der Waals surface area contributed by atoms with Gasteiger partial charge in [0.1, 0.15) is 0 Å². The van der Waals surface area contributed by atoms with E-state index in [1.165, 1.54) is 11.3 Å². The van der Waals surface area contributed by atoms with Crippen LogP contribution >= 0.6 is 11.6 Å². The second kappa shape index (κ2) is 7.59. The van der Waals surface area contributed by atoms with Crippen molar-refractivity contribution in [3.63, 3.8) is 0 Å². The zero-order chi connectivity index (χ0) is 15.2. The predicted octanol–water partition coefficient (Wildman–Crippen LogP) is 2.94. The van der Waals surface area contributed by atoms with Gasteiger partial charge in [0.25, 0.3) is 0 Å². The summed E-state index contributed by atoms with van der Waals surface area (Å²) in [5.41, 5.74) is 4.57. The van der Waals surface area contributed by atoms with E-state index in [4.69, 9.17) is 16.3 Å². The second-order valence-corrected chi connectivity index (χ2v) is 5.48. The van der Waals surface area contributed by atoms with Gasteiger partial charge < -0.3 is 10.1 Å². The fourth-order valence-electron chi connectivity index (χ4n) is 2.32. The molecule has 1 aromatic heterocycles. The van der Waals surface area contributed by atoms with E-state index in [9.17, 15) is 0 Å². The maximum absolute atomic E-state index is 6.22. The lowest BCUT2D eigenvalue weighted by Crippen LogP contribution is -2.19. The largest absolute Gasteiger partial charge is 0.383 e. The monoisotopic (exact) mass is 307 g/mol. The lowest BCUT2D eigenvalue weighted by atomic mass is 10.2. The maximum atomic E-state index is 6.22. The average molecular weight is 308 g/mol. The van der Waals surface area contributed by atoms with E-state index in [1.54, 1.807) is 7.11 Å². The van der Waals surface area contributed by atoms with Crippen LogP contribution in [0.5, 0.6) is 0 Å². The molecule has 0 radical (unpaired) electrons. The Morgan fingerprint density at radius 2 is 2.05 bits per heavy atom. The van der Waals surface area contributed by atoms with Crippen LogP contribution < -0.4 is 5.32 Å². The van der Waals surface area contributed by atoms with Gasteiger partial charge in [0.15, 0.2) is 0 Å². The van der Waals surface area contributed by atoms with E-state index in [1.807, 2.05) is 35.9 Å². The molecule has 2 rings (SSSR count). The number of hydrogen-bond acceptors (Lipinski definition) is 3. The third-order valence-corrected chi connectivity index (χ3v) is 3.96. The van der Waals surface area contributed by atoms with Crippen molar-refractivity contribution in [2.24, 2.45) is 0 Å². The molecule has 4 nitrogen and oxygen atoms in total. The number of benzene rings is 1. The fourth-order valence-corrected chi connectivity index (χ4v) is 2.51. The molecular weight excluding hydrogens is 286 g/mol. The Balaban J connectivity index is 2.10. The molecule has 0 spiro atoms. The van der Waals surface area contributed by atoms with E-state index in [-0.39, 0.29) is 0 Å². The molecule has 0 aliphatic rings. The Morgan fingerprint density at radius 1 is 1.29 bits per heavy atom. The molecule has 2 aromatic rings. The quantitative estimate of drug-likeness (QED) is 0.799. The van der Waals surface area contributed by atoms with E-state index in [0.717, 1.165) is 29.4 Å². The van der Waals surface area contributed by atoms with E-state index in [0.29, 0.717) is 13.2 Å². The smallest absolute Gasteiger partial charge is 0.0677 e. The lowest BCUT2D eigenvalue weighted by Gasteiger charge is -2.08. The van der Waals surface area contributed by atoms with Gasteiger partial charge in [-0.2, -0.15) is 5.10 Å². The highest BCUT2D eigenvalue weighted by Crippen LogP contribution is 2.19. The number of nitrogens with zero attached hydrogens (tertiary/aromatic N) is 2. The molecule has 0 amide bonds. The summed E-state index contributed by atoms with van der Waals surface area (Å²) in [4.78, 5) is 0. The van der Waals surface area contributed by atoms with Crippen LogP contribution in [0.2, 0.25) is 5.02 Å². The van der Waals surface area contributed by atoms with Gasteiger partial charge in [-0.15, -0.1) is 0 Å². The third kappa shape index (κ3) is 4.06. The SMILES string of the molecule is COCCNCc1c(C)nn(Cc2ccccc2Cl)c1C. The molecule has 0 aliphatic carbocycles. The van der Waals surface area contributed by atoms with Crippen LogP contribution in [-0.2, 0) is 17.8 Å². The van der Waals surface area contributed by atoms with Gasteiger partial charge in [-0.25, -0.2) is 0 Å². The predicted molar refractivity (Wildman–Crippen MR) is 85.8 cm³/mol. The van der Waals surface area contributed by atoms with Gasteiger partial charge in [-0.05, 0) is 25.5 Å². The number of ether oxygens (including phenoxy) is 1. The molecule has 0 unspecified atom stereocenters. The van der Waals surface area contributed by atoms with Crippen molar-refractivity contribution < 1.29 is 4.74 Å². The number of methoxy groups -OCH3 is 1. The minimum absolute atomic E-state index is 0.699. The molecule has 5 heteroatoms. The number of nitrogens with one attached hydrogen (secondary N) is 1. The van der Waals surface area contributed by atoms with Crippen molar-refractivity contribution in [2.45, 2.75) is 26.9 Å². The molecule has 0 bridgehead atoms. The fraction of sp³-hybridized carbons (Fsp3) is 0.438. The van der Waals surface area contributed by atoms with Crippen molar-refractivity contribution >= 4 is 11.6 Å². The Hall–Kier alpha value is -1.36. The second-order valence-electron chi connectivity index (χ2n) is 5.07. The standard InChI is InChI=1S/C16H22ClN3O/c1-12-15(10-18-8-9-21-3)13(2)20(19-12)11-14-6-4-5-7-16(14)17/h4-7,18H,8-11H2,1-3H3. The molecule has 114 valence electrons. The van der Waals surface area contributed by atoms with Gasteiger partial charge in [0, 0.05) is 36.5 Å². The van der Waals surface area contributed by atoms with Crippen molar-refractivity contribution in [2.75, 3.05) is 20.3 Å². The van der Waals surface area contributed by atoms with Crippen molar-refractivity contribution in [1.82, 2.24) is 15.1 Å². The summed E-state index contributed by atoms with van der Waals surface area (Å²) in [6, 6.07) is 7.89. The summed E-state index contributed by atoms with van der Waals surface area (Å²) >= 11 is 6.22. The van der Waals surface area contributed by atoms with Crippen LogP contribution in [0.15, 0.2) is 24.3 Å². The summed E-state index contributed by atoms with van der Waals surface area (Å²) in [5.74, 6) is 0. The molecule has 21 heavy (non-hydrogen) atoms. The number of halogens is 1. The Kier molecular flexibility index (Phi) is 5.79. The van der Waals surface area contributed by atoms with Gasteiger partial charge in [0.05, 0.1) is 18.8 Å². The first-order valence-corrected chi connectivity index (χ1v) is 7.47. The average Bonchev–Trinajstić information content (AvgIpc) is 2.73. The lowest BCUT2D eigenvalue weighted by molar-refractivity contribution is 0.199. The first-order chi connectivity index (χ1) is 10.1. The zero-order valence-electron chi connectivity index (χ0n) is 12.8. The summed E-state index contributed by atoms with van der Waals surface area (Å²) in [7, 11) is 1.71. The van der Waals surface area contributed by atoms with E-state index in [2.05, 4.69) is 17.3 Å². The van der Waals surface area contributed by atoms with Crippen LogP contribution in [0.4, 0.5) is 0 Å². The molecule has 0 saturated carbocycles. The summed E-state index contributed by atoms with van der Waals surface area (Å²) < 4.78 is 7.06. The summed E-state index contributed by atoms with van der Waals surface area (Å²) in [6.45, 7) is 7.21. The summed E-state index contributed by atoms with van der Waals surface area (Å²) in [5, 5.41) is 8.78. The minimum Gasteiger partial charge on any atom is -0.383 e. The van der Waals surface area contributed by atoms with E-state index >= 15 is 0 Å². The highest BCUT2D eigenvalue weighted by atomic mass is 35.5.